The standard InChI is InChI=1S/C15H11F3O3/c1-20-11-4-2-9(3-5-11)8-21-12-6-10(7-19)13(16)15(18)14(12)17/h2-7H,8H2,1H3. The lowest BCUT2D eigenvalue weighted by Gasteiger charge is -2.10. The molecular formula is C15H11F3O3. The fourth-order valence-electron chi connectivity index (χ4n) is 1.67. The van der Waals surface area contributed by atoms with Gasteiger partial charge < -0.3 is 9.47 Å². The maximum absolute atomic E-state index is 13.5. The Bertz CT molecular complexity index is 654. The number of carbonyl (C=O) groups is 1. The summed E-state index contributed by atoms with van der Waals surface area (Å²) in [6, 6.07) is 7.53. The third kappa shape index (κ3) is 3.16. The van der Waals surface area contributed by atoms with Crippen LogP contribution in [0.4, 0.5) is 13.2 Å². The molecule has 0 spiro atoms. The number of rotatable bonds is 5. The van der Waals surface area contributed by atoms with Crippen LogP contribution in [0.5, 0.6) is 11.5 Å². The number of hydrogen-bond donors (Lipinski definition) is 0. The molecule has 2 rings (SSSR count). The van der Waals surface area contributed by atoms with Crippen molar-refractivity contribution < 1.29 is 27.4 Å². The SMILES string of the molecule is COc1ccc(COc2cc(C=O)c(F)c(F)c2F)cc1. The molecule has 2 aromatic carbocycles. The van der Waals surface area contributed by atoms with E-state index in [0.29, 0.717) is 11.3 Å². The van der Waals surface area contributed by atoms with E-state index in [1.165, 1.54) is 7.11 Å². The van der Waals surface area contributed by atoms with Crippen LogP contribution in [0.1, 0.15) is 15.9 Å². The van der Waals surface area contributed by atoms with Gasteiger partial charge in [0.2, 0.25) is 5.82 Å². The van der Waals surface area contributed by atoms with Gasteiger partial charge >= 0.3 is 0 Å². The summed E-state index contributed by atoms with van der Waals surface area (Å²) in [5, 5.41) is 0. The second-order valence-electron chi connectivity index (χ2n) is 4.16. The number of aldehydes is 1. The highest BCUT2D eigenvalue weighted by Crippen LogP contribution is 2.25. The van der Waals surface area contributed by atoms with E-state index in [9.17, 15) is 18.0 Å². The highest BCUT2D eigenvalue weighted by atomic mass is 19.2. The Labute approximate surface area is 118 Å². The number of ether oxygens (including phenoxy) is 2. The Morgan fingerprint density at radius 1 is 1.05 bits per heavy atom. The summed E-state index contributed by atoms with van der Waals surface area (Å²) in [6.45, 7) is -0.0652. The van der Waals surface area contributed by atoms with Crippen molar-refractivity contribution in [1.29, 1.82) is 0 Å². The Morgan fingerprint density at radius 3 is 2.29 bits per heavy atom. The van der Waals surface area contributed by atoms with Gasteiger partial charge in [-0.3, -0.25) is 4.79 Å². The van der Waals surface area contributed by atoms with Gasteiger partial charge in [0.15, 0.2) is 23.7 Å². The number of benzene rings is 2. The van der Waals surface area contributed by atoms with Crippen LogP contribution in [-0.2, 0) is 6.61 Å². The van der Waals surface area contributed by atoms with E-state index in [2.05, 4.69) is 0 Å². The molecule has 21 heavy (non-hydrogen) atoms. The maximum Gasteiger partial charge on any atom is 0.203 e. The fourth-order valence-corrected chi connectivity index (χ4v) is 1.67. The molecule has 0 N–H and O–H groups in total. The lowest BCUT2D eigenvalue weighted by molar-refractivity contribution is 0.111. The summed E-state index contributed by atoms with van der Waals surface area (Å²) >= 11 is 0. The molecule has 0 atom stereocenters. The highest BCUT2D eigenvalue weighted by molar-refractivity contribution is 5.76. The van der Waals surface area contributed by atoms with Crippen molar-refractivity contribution >= 4 is 6.29 Å². The predicted molar refractivity (Wildman–Crippen MR) is 69.0 cm³/mol. The Morgan fingerprint density at radius 2 is 1.71 bits per heavy atom. The summed E-state index contributed by atoms with van der Waals surface area (Å²) < 4.78 is 50.0. The minimum absolute atomic E-state index is 0.0652. The molecule has 0 aliphatic carbocycles. The van der Waals surface area contributed by atoms with Crippen molar-refractivity contribution in [2.75, 3.05) is 7.11 Å². The molecule has 2 aromatic rings. The molecule has 0 fully saturated rings. The smallest absolute Gasteiger partial charge is 0.203 e. The third-order valence-electron chi connectivity index (χ3n) is 2.82. The summed E-state index contributed by atoms with van der Waals surface area (Å²) in [4.78, 5) is 10.6. The minimum atomic E-state index is -1.73. The van der Waals surface area contributed by atoms with Crippen LogP contribution in [0, 0.1) is 17.5 Å². The quantitative estimate of drug-likeness (QED) is 0.625. The lowest BCUT2D eigenvalue weighted by atomic mass is 10.2. The number of methoxy groups -OCH3 is 1. The number of hydrogen-bond acceptors (Lipinski definition) is 3. The summed E-state index contributed by atoms with van der Waals surface area (Å²) in [5.41, 5.74) is 0.0752. The van der Waals surface area contributed by atoms with E-state index in [-0.39, 0.29) is 12.9 Å². The summed E-state index contributed by atoms with van der Waals surface area (Å²) in [7, 11) is 1.52. The topological polar surface area (TPSA) is 35.5 Å². The molecule has 0 aliphatic heterocycles. The van der Waals surface area contributed by atoms with Crippen LogP contribution in [-0.4, -0.2) is 13.4 Å². The molecule has 6 heteroatoms. The molecule has 0 heterocycles. The van der Waals surface area contributed by atoms with Crippen molar-refractivity contribution in [3.05, 3.63) is 58.9 Å². The minimum Gasteiger partial charge on any atom is -0.497 e. The van der Waals surface area contributed by atoms with Crippen LogP contribution in [0.3, 0.4) is 0 Å². The Balaban J connectivity index is 2.19. The Hall–Kier alpha value is -2.50. The first-order chi connectivity index (χ1) is 10.1. The van der Waals surface area contributed by atoms with Crippen molar-refractivity contribution in [3.63, 3.8) is 0 Å². The van der Waals surface area contributed by atoms with Gasteiger partial charge in [-0.25, -0.2) is 8.78 Å². The summed E-state index contributed by atoms with van der Waals surface area (Å²) in [6.07, 6.45) is 0.0953. The molecule has 0 aliphatic rings. The number of carbonyl (C=O) groups excluding carboxylic acids is 1. The van der Waals surface area contributed by atoms with Crippen molar-refractivity contribution in [2.24, 2.45) is 0 Å². The van der Waals surface area contributed by atoms with Crippen LogP contribution >= 0.6 is 0 Å². The van der Waals surface area contributed by atoms with E-state index in [1.54, 1.807) is 24.3 Å². The molecule has 3 nitrogen and oxygen atoms in total. The van der Waals surface area contributed by atoms with Crippen LogP contribution in [0.15, 0.2) is 30.3 Å². The van der Waals surface area contributed by atoms with E-state index < -0.39 is 28.8 Å². The van der Waals surface area contributed by atoms with Gasteiger partial charge in [0.05, 0.1) is 12.7 Å². The average Bonchev–Trinajstić information content (AvgIpc) is 2.52. The van der Waals surface area contributed by atoms with Crippen molar-refractivity contribution in [3.8, 4) is 11.5 Å². The molecule has 0 saturated heterocycles. The van der Waals surface area contributed by atoms with Gasteiger partial charge in [-0.2, -0.15) is 4.39 Å². The van der Waals surface area contributed by atoms with Gasteiger partial charge in [0, 0.05) is 0 Å². The van der Waals surface area contributed by atoms with E-state index in [1.807, 2.05) is 0 Å². The van der Waals surface area contributed by atoms with Gasteiger partial charge in [-0.05, 0) is 23.8 Å². The molecule has 0 unspecified atom stereocenters. The zero-order valence-electron chi connectivity index (χ0n) is 11.0. The van der Waals surface area contributed by atoms with Crippen molar-refractivity contribution in [1.82, 2.24) is 0 Å². The number of halogens is 3. The largest absolute Gasteiger partial charge is 0.497 e. The van der Waals surface area contributed by atoms with Gasteiger partial charge in [0.25, 0.3) is 0 Å². The second kappa shape index (κ2) is 6.30. The molecule has 0 radical (unpaired) electrons. The zero-order valence-corrected chi connectivity index (χ0v) is 11.0. The average molecular weight is 296 g/mol. The third-order valence-corrected chi connectivity index (χ3v) is 2.82. The first-order valence-corrected chi connectivity index (χ1v) is 5.95. The monoisotopic (exact) mass is 296 g/mol. The first kappa shape index (κ1) is 14.9. The van der Waals surface area contributed by atoms with Gasteiger partial charge in [-0.15, -0.1) is 0 Å². The van der Waals surface area contributed by atoms with Crippen LogP contribution in [0.25, 0.3) is 0 Å². The first-order valence-electron chi connectivity index (χ1n) is 5.95. The maximum atomic E-state index is 13.5. The van der Waals surface area contributed by atoms with E-state index in [0.717, 1.165) is 6.07 Å². The van der Waals surface area contributed by atoms with Gasteiger partial charge in [0.1, 0.15) is 12.4 Å². The van der Waals surface area contributed by atoms with Crippen LogP contribution < -0.4 is 9.47 Å². The van der Waals surface area contributed by atoms with Gasteiger partial charge in [-0.1, -0.05) is 12.1 Å². The Kier molecular flexibility index (Phi) is 4.47. The molecule has 0 bridgehead atoms. The normalized spacial score (nSPS) is 10.3. The zero-order chi connectivity index (χ0) is 15.4. The summed E-state index contributed by atoms with van der Waals surface area (Å²) in [5.74, 6) is -4.61. The second-order valence-corrected chi connectivity index (χ2v) is 4.16. The van der Waals surface area contributed by atoms with Crippen molar-refractivity contribution in [2.45, 2.75) is 6.61 Å². The molecule has 110 valence electrons. The molecule has 0 amide bonds. The molecule has 0 saturated carbocycles. The highest BCUT2D eigenvalue weighted by Gasteiger charge is 2.19. The fraction of sp³-hybridized carbons (Fsp3) is 0.133. The predicted octanol–water partition coefficient (Wildman–Crippen LogP) is 3.50. The molecule has 0 aromatic heterocycles. The lowest BCUT2D eigenvalue weighted by Crippen LogP contribution is -2.03. The molecular weight excluding hydrogens is 285 g/mol. The van der Waals surface area contributed by atoms with Crippen LogP contribution in [0.2, 0.25) is 0 Å². The van der Waals surface area contributed by atoms with E-state index >= 15 is 0 Å². The van der Waals surface area contributed by atoms with E-state index in [4.69, 9.17) is 9.47 Å².